The molecule has 2 rings (SSSR count). The van der Waals surface area contributed by atoms with E-state index in [1.54, 1.807) is 0 Å². The Morgan fingerprint density at radius 3 is 1.11 bits per heavy atom. The molecule has 0 spiro atoms. The summed E-state index contributed by atoms with van der Waals surface area (Å²) in [6, 6.07) is 0. The van der Waals surface area contributed by atoms with Gasteiger partial charge in [-0.25, -0.2) is 0 Å². The number of rotatable bonds is 6. The van der Waals surface area contributed by atoms with Crippen LogP contribution in [0.15, 0.2) is 41.2 Å². The van der Waals surface area contributed by atoms with E-state index < -0.39 is 17.4 Å². The monoisotopic (exact) mass is 408 g/mol. The molecule has 4 nitrogen and oxygen atoms in total. The standard InChI is InChI=1S/2C10H15.2CH2O2.Ti/c2*1-7-6-10(4,5)9(3)8(7)2;2*2-1-3;/h2*1-5H3;2*1H,(H,2,3);/q;;;;+2/p-2. The Hall–Kier alpha value is -1.39. The summed E-state index contributed by atoms with van der Waals surface area (Å²) in [4.78, 5) is 23.5. The van der Waals surface area contributed by atoms with Gasteiger partial charge in [0.25, 0.3) is 0 Å². The Kier molecular flexibility index (Phi) is 5.60. The fraction of sp³-hybridized carbons (Fsp3) is 0.545. The molecule has 2 aliphatic rings. The summed E-state index contributed by atoms with van der Waals surface area (Å²) in [5.74, 6) is 0. The first-order valence-electron chi connectivity index (χ1n) is 9.35. The van der Waals surface area contributed by atoms with Gasteiger partial charge in [0.2, 0.25) is 0 Å². The van der Waals surface area contributed by atoms with Crippen LogP contribution in [0.1, 0.15) is 69.2 Å². The van der Waals surface area contributed by atoms with Gasteiger partial charge >= 0.3 is 168 Å². The van der Waals surface area contributed by atoms with Gasteiger partial charge in [-0.05, 0) is 0 Å². The van der Waals surface area contributed by atoms with Gasteiger partial charge in [-0.1, -0.05) is 0 Å². The third-order valence-corrected chi connectivity index (χ3v) is 13.7. The van der Waals surface area contributed by atoms with Crippen LogP contribution in [-0.2, 0) is 33.6 Å². The van der Waals surface area contributed by atoms with Crippen LogP contribution in [0.3, 0.4) is 0 Å². The van der Waals surface area contributed by atoms with Gasteiger partial charge in [0, 0.05) is 0 Å². The van der Waals surface area contributed by atoms with Crippen LogP contribution >= 0.6 is 0 Å². The molecule has 0 aliphatic heterocycles. The van der Waals surface area contributed by atoms with Gasteiger partial charge in [-0.15, -0.1) is 0 Å². The molecule has 0 aromatic rings. The molecule has 0 aromatic heterocycles. The fourth-order valence-corrected chi connectivity index (χ4v) is 11.9. The van der Waals surface area contributed by atoms with Gasteiger partial charge in [-0.2, -0.15) is 0 Å². The van der Waals surface area contributed by atoms with Gasteiger partial charge in [0.15, 0.2) is 0 Å². The first kappa shape index (κ1) is 21.9. The average Bonchev–Trinajstić information content (AvgIpc) is 2.82. The zero-order valence-corrected chi connectivity index (χ0v) is 19.8. The molecule has 2 aliphatic carbocycles. The van der Waals surface area contributed by atoms with E-state index in [1.807, 2.05) is 0 Å². The predicted molar refractivity (Wildman–Crippen MR) is 104 cm³/mol. The third-order valence-electron chi connectivity index (χ3n) is 7.21. The summed E-state index contributed by atoms with van der Waals surface area (Å²) in [7, 11) is 0. The Labute approximate surface area is 167 Å². The molecular formula is C22H32O4Ti. The van der Waals surface area contributed by atoms with Crippen LogP contribution in [-0.4, -0.2) is 12.9 Å². The van der Waals surface area contributed by atoms with Crippen molar-refractivity contribution >= 4 is 12.9 Å². The molecule has 27 heavy (non-hydrogen) atoms. The summed E-state index contributed by atoms with van der Waals surface area (Å²) in [6.07, 6.45) is 0. The second-order valence-electron chi connectivity index (χ2n) is 8.79. The van der Waals surface area contributed by atoms with Crippen LogP contribution < -0.4 is 0 Å². The first-order chi connectivity index (χ1) is 12.3. The summed E-state index contributed by atoms with van der Waals surface area (Å²) in [6.45, 7) is 22.0. The second kappa shape index (κ2) is 6.90. The third kappa shape index (κ3) is 2.84. The molecule has 0 saturated carbocycles. The molecule has 0 bridgehead atoms. The average molecular weight is 408 g/mol. The van der Waals surface area contributed by atoms with Crippen molar-refractivity contribution in [3.63, 3.8) is 0 Å². The normalized spacial score (nSPS) is 22.0. The Morgan fingerprint density at radius 1 is 0.630 bits per heavy atom. The molecule has 0 aromatic carbocycles. The van der Waals surface area contributed by atoms with E-state index in [4.69, 9.17) is 6.64 Å². The van der Waals surface area contributed by atoms with Gasteiger partial charge in [0.1, 0.15) is 0 Å². The predicted octanol–water partition coefficient (Wildman–Crippen LogP) is 5.62. The van der Waals surface area contributed by atoms with Crippen molar-refractivity contribution in [2.75, 3.05) is 0 Å². The minimum absolute atomic E-state index is 0.339. The maximum absolute atomic E-state index is 11.7. The van der Waals surface area contributed by atoms with E-state index in [9.17, 15) is 9.59 Å². The van der Waals surface area contributed by atoms with Crippen LogP contribution in [0.4, 0.5) is 0 Å². The number of hydrogen-bond donors (Lipinski definition) is 0. The van der Waals surface area contributed by atoms with Crippen LogP contribution in [0.5, 0.6) is 0 Å². The summed E-state index contributed by atoms with van der Waals surface area (Å²) >= 11 is -4.25. The van der Waals surface area contributed by atoms with Gasteiger partial charge in [-0.3, -0.25) is 0 Å². The quantitative estimate of drug-likeness (QED) is 0.423. The van der Waals surface area contributed by atoms with Crippen molar-refractivity contribution in [1.82, 2.24) is 0 Å². The molecule has 0 atom stereocenters. The molecule has 0 fully saturated rings. The van der Waals surface area contributed by atoms with Crippen molar-refractivity contribution in [3.05, 3.63) is 41.2 Å². The molecule has 0 heterocycles. The first-order valence-corrected chi connectivity index (χ1v) is 12.2. The molecule has 148 valence electrons. The zero-order valence-electron chi connectivity index (χ0n) is 18.3. The van der Waals surface area contributed by atoms with Crippen molar-refractivity contribution in [2.24, 2.45) is 10.8 Å². The summed E-state index contributed by atoms with van der Waals surface area (Å²) < 4.78 is 13.9. The van der Waals surface area contributed by atoms with E-state index in [0.29, 0.717) is 12.9 Å². The van der Waals surface area contributed by atoms with Crippen LogP contribution in [0.2, 0.25) is 0 Å². The second-order valence-corrected chi connectivity index (χ2v) is 13.0. The number of carbonyl (C=O) groups is 2. The van der Waals surface area contributed by atoms with Gasteiger partial charge in [0.05, 0.1) is 0 Å². The zero-order chi connectivity index (χ0) is 20.9. The summed E-state index contributed by atoms with van der Waals surface area (Å²) in [5, 5.41) is 0. The van der Waals surface area contributed by atoms with Crippen LogP contribution in [0, 0.1) is 10.8 Å². The molecule has 0 radical (unpaired) electrons. The number of allylic oxidation sites excluding steroid dienone is 8. The number of carbonyl (C=O) groups excluding carboxylic acids is 2. The van der Waals surface area contributed by atoms with Gasteiger partial charge < -0.3 is 0 Å². The van der Waals surface area contributed by atoms with E-state index in [2.05, 4.69) is 69.2 Å². The molecular weight excluding hydrogens is 376 g/mol. The SMILES string of the molecule is CC1=C(C)C(C)(C)[C]([Ti]([O]C=O)([O]C=O)[C]2=C(C)C(C)=C(C)C2(C)C)=C1C. The maximum atomic E-state index is 11.7. The van der Waals surface area contributed by atoms with Crippen LogP contribution in [0.25, 0.3) is 0 Å². The number of hydrogen-bond acceptors (Lipinski definition) is 4. The van der Waals surface area contributed by atoms with Crippen molar-refractivity contribution in [2.45, 2.75) is 69.2 Å². The molecule has 0 saturated heterocycles. The fourth-order valence-electron chi connectivity index (χ4n) is 5.03. The Bertz CT molecular complexity index is 764. The topological polar surface area (TPSA) is 52.6 Å². The minimum atomic E-state index is -4.25. The molecule has 0 N–H and O–H groups in total. The van der Waals surface area contributed by atoms with Crippen molar-refractivity contribution in [3.8, 4) is 0 Å². The molecule has 0 amide bonds. The van der Waals surface area contributed by atoms with E-state index in [1.165, 1.54) is 22.3 Å². The van der Waals surface area contributed by atoms with E-state index in [0.717, 1.165) is 18.9 Å². The van der Waals surface area contributed by atoms with E-state index in [-0.39, 0.29) is 10.8 Å². The van der Waals surface area contributed by atoms with Crippen molar-refractivity contribution < 1.29 is 33.6 Å². The van der Waals surface area contributed by atoms with E-state index >= 15 is 0 Å². The Morgan fingerprint density at radius 2 is 0.926 bits per heavy atom. The summed E-state index contributed by atoms with van der Waals surface area (Å²) in [5.41, 5.74) is 6.31. The molecule has 5 heteroatoms. The molecule has 0 unspecified atom stereocenters. The van der Waals surface area contributed by atoms with Crippen molar-refractivity contribution in [1.29, 1.82) is 0 Å². The Balaban J connectivity index is 2.94.